The van der Waals surface area contributed by atoms with Crippen LogP contribution in [-0.2, 0) is 16.1 Å². The number of carboxylic acid groups (broad SMARTS) is 1. The molecule has 2 aromatic rings. The number of ether oxygens (including phenoxy) is 1. The SMILES string of the molecule is Cc1ccn(NCc2cccnc2N2CCOCC2)c(=O)c1C(C)C(=O)O. The number of hydrogen-bond acceptors (Lipinski definition) is 6. The lowest BCUT2D eigenvalue weighted by Crippen LogP contribution is -2.38. The lowest BCUT2D eigenvalue weighted by molar-refractivity contribution is -0.138. The Balaban J connectivity index is 1.83. The van der Waals surface area contributed by atoms with Gasteiger partial charge in [-0.25, -0.2) is 9.66 Å². The summed E-state index contributed by atoms with van der Waals surface area (Å²) in [5, 5.41) is 9.27. The van der Waals surface area contributed by atoms with Crippen molar-refractivity contribution in [3.05, 3.63) is 57.6 Å². The number of morpholine rings is 1. The highest BCUT2D eigenvalue weighted by Crippen LogP contribution is 2.19. The summed E-state index contributed by atoms with van der Waals surface area (Å²) in [4.78, 5) is 30.7. The molecule has 1 saturated heterocycles. The summed E-state index contributed by atoms with van der Waals surface area (Å²) in [6.07, 6.45) is 3.37. The van der Waals surface area contributed by atoms with Gasteiger partial charge >= 0.3 is 5.97 Å². The molecule has 0 bridgehead atoms. The van der Waals surface area contributed by atoms with E-state index in [-0.39, 0.29) is 11.1 Å². The van der Waals surface area contributed by atoms with Crippen molar-refractivity contribution < 1.29 is 14.6 Å². The summed E-state index contributed by atoms with van der Waals surface area (Å²) >= 11 is 0. The average molecular weight is 372 g/mol. The van der Waals surface area contributed by atoms with Crippen LogP contribution in [0.15, 0.2) is 35.4 Å². The Labute approximate surface area is 157 Å². The first-order valence-electron chi connectivity index (χ1n) is 8.94. The minimum atomic E-state index is -1.02. The molecule has 27 heavy (non-hydrogen) atoms. The first-order chi connectivity index (χ1) is 13.0. The predicted molar refractivity (Wildman–Crippen MR) is 102 cm³/mol. The van der Waals surface area contributed by atoms with Crippen molar-refractivity contribution >= 4 is 11.8 Å². The zero-order valence-corrected chi connectivity index (χ0v) is 15.5. The van der Waals surface area contributed by atoms with Gasteiger partial charge in [0.05, 0.1) is 25.7 Å². The van der Waals surface area contributed by atoms with E-state index in [2.05, 4.69) is 15.3 Å². The maximum Gasteiger partial charge on any atom is 0.310 e. The highest BCUT2D eigenvalue weighted by molar-refractivity contribution is 5.75. The smallest absolute Gasteiger partial charge is 0.310 e. The largest absolute Gasteiger partial charge is 0.481 e. The maximum absolute atomic E-state index is 12.7. The van der Waals surface area contributed by atoms with Crippen LogP contribution in [0.25, 0.3) is 0 Å². The molecule has 0 saturated carbocycles. The monoisotopic (exact) mass is 372 g/mol. The van der Waals surface area contributed by atoms with Crippen molar-refractivity contribution in [2.45, 2.75) is 26.3 Å². The lowest BCUT2D eigenvalue weighted by Gasteiger charge is -2.29. The normalized spacial score (nSPS) is 15.4. The first kappa shape index (κ1) is 18.9. The van der Waals surface area contributed by atoms with E-state index in [9.17, 15) is 14.7 Å². The summed E-state index contributed by atoms with van der Waals surface area (Å²) in [7, 11) is 0. The average Bonchev–Trinajstić information content (AvgIpc) is 2.68. The summed E-state index contributed by atoms with van der Waals surface area (Å²) in [5.74, 6) is -1.02. The number of aromatic nitrogens is 2. The number of nitrogens with one attached hydrogen (secondary N) is 1. The van der Waals surface area contributed by atoms with Gasteiger partial charge in [-0.3, -0.25) is 9.59 Å². The van der Waals surface area contributed by atoms with Crippen LogP contribution in [0, 0.1) is 6.92 Å². The van der Waals surface area contributed by atoms with E-state index < -0.39 is 11.9 Å². The van der Waals surface area contributed by atoms with Gasteiger partial charge in [-0.15, -0.1) is 0 Å². The van der Waals surface area contributed by atoms with Gasteiger partial charge in [0.2, 0.25) is 0 Å². The van der Waals surface area contributed by atoms with Crippen LogP contribution in [0.1, 0.15) is 29.5 Å². The molecular formula is C19H24N4O4. The Bertz CT molecular complexity index is 874. The van der Waals surface area contributed by atoms with Gasteiger partial charge in [0.1, 0.15) is 5.82 Å². The van der Waals surface area contributed by atoms with E-state index in [4.69, 9.17) is 4.74 Å². The number of aliphatic carboxylic acids is 1. The summed E-state index contributed by atoms with van der Waals surface area (Å²) in [6, 6.07) is 5.57. The Morgan fingerprint density at radius 1 is 1.37 bits per heavy atom. The molecular weight excluding hydrogens is 348 g/mol. The second-order valence-corrected chi connectivity index (χ2v) is 6.57. The van der Waals surface area contributed by atoms with E-state index in [0.29, 0.717) is 25.3 Å². The van der Waals surface area contributed by atoms with Crippen molar-refractivity contribution in [1.82, 2.24) is 9.66 Å². The summed E-state index contributed by atoms with van der Waals surface area (Å²) < 4.78 is 6.74. The van der Waals surface area contributed by atoms with E-state index in [1.54, 1.807) is 25.4 Å². The molecule has 0 amide bonds. The summed E-state index contributed by atoms with van der Waals surface area (Å²) in [5.41, 5.74) is 4.65. The molecule has 1 aliphatic heterocycles. The molecule has 0 spiro atoms. The first-order valence-corrected chi connectivity index (χ1v) is 8.94. The number of rotatable bonds is 6. The van der Waals surface area contributed by atoms with E-state index >= 15 is 0 Å². The van der Waals surface area contributed by atoms with Gasteiger partial charge in [0, 0.05) is 36.6 Å². The molecule has 1 aliphatic rings. The number of carboxylic acids is 1. The Hall–Kier alpha value is -2.87. The zero-order valence-electron chi connectivity index (χ0n) is 15.5. The topological polar surface area (TPSA) is 96.7 Å². The number of hydrogen-bond donors (Lipinski definition) is 2. The lowest BCUT2D eigenvalue weighted by atomic mass is 9.99. The van der Waals surface area contributed by atoms with Crippen LogP contribution in [-0.4, -0.2) is 47.0 Å². The molecule has 8 nitrogen and oxygen atoms in total. The van der Waals surface area contributed by atoms with E-state index in [1.165, 1.54) is 11.6 Å². The highest BCUT2D eigenvalue weighted by atomic mass is 16.5. The second kappa shape index (κ2) is 8.22. The molecule has 144 valence electrons. The minimum absolute atomic E-state index is 0.289. The third kappa shape index (κ3) is 4.11. The number of anilines is 1. The molecule has 3 rings (SSSR count). The maximum atomic E-state index is 12.7. The quantitative estimate of drug-likeness (QED) is 0.789. The Morgan fingerprint density at radius 3 is 2.81 bits per heavy atom. The van der Waals surface area contributed by atoms with Gasteiger partial charge in [0.15, 0.2) is 0 Å². The number of nitrogens with zero attached hydrogens (tertiary/aromatic N) is 3. The molecule has 8 heteroatoms. The van der Waals surface area contributed by atoms with Gasteiger partial charge in [-0.1, -0.05) is 6.07 Å². The van der Waals surface area contributed by atoms with Crippen LogP contribution in [0.2, 0.25) is 0 Å². The molecule has 2 N–H and O–H groups in total. The molecule has 1 atom stereocenters. The van der Waals surface area contributed by atoms with Gasteiger partial charge in [-0.05, 0) is 31.5 Å². The predicted octanol–water partition coefficient (Wildman–Crippen LogP) is 1.32. The van der Waals surface area contributed by atoms with Gasteiger partial charge in [-0.2, -0.15) is 0 Å². The fourth-order valence-electron chi connectivity index (χ4n) is 3.22. The van der Waals surface area contributed by atoms with Crippen LogP contribution >= 0.6 is 0 Å². The number of aryl methyl sites for hydroxylation is 1. The third-order valence-corrected chi connectivity index (χ3v) is 4.77. The minimum Gasteiger partial charge on any atom is -0.481 e. The standard InChI is InChI=1S/C19H24N4O4/c1-13-5-7-23(18(24)16(13)14(2)19(25)26)21-12-15-4-3-6-20-17(15)22-8-10-27-11-9-22/h3-7,14,21H,8-12H2,1-2H3,(H,25,26). The van der Waals surface area contributed by atoms with Crippen LogP contribution < -0.4 is 15.9 Å². The highest BCUT2D eigenvalue weighted by Gasteiger charge is 2.21. The molecule has 0 aromatic carbocycles. The third-order valence-electron chi connectivity index (χ3n) is 4.77. The van der Waals surface area contributed by atoms with Crippen molar-refractivity contribution in [3.63, 3.8) is 0 Å². The van der Waals surface area contributed by atoms with Crippen molar-refractivity contribution in [2.75, 3.05) is 36.6 Å². The van der Waals surface area contributed by atoms with Crippen molar-refractivity contribution in [2.24, 2.45) is 0 Å². The Kier molecular flexibility index (Phi) is 5.75. The number of carbonyl (C=O) groups is 1. The molecule has 2 aromatic heterocycles. The summed E-state index contributed by atoms with van der Waals surface area (Å²) in [6.45, 7) is 6.54. The molecule has 0 radical (unpaired) electrons. The molecule has 1 fully saturated rings. The fourth-order valence-corrected chi connectivity index (χ4v) is 3.22. The van der Waals surface area contributed by atoms with Crippen molar-refractivity contribution in [3.8, 4) is 0 Å². The zero-order chi connectivity index (χ0) is 19.4. The van der Waals surface area contributed by atoms with Crippen LogP contribution in [0.5, 0.6) is 0 Å². The van der Waals surface area contributed by atoms with E-state index in [1.807, 2.05) is 12.1 Å². The number of pyridine rings is 2. The van der Waals surface area contributed by atoms with Crippen molar-refractivity contribution in [1.29, 1.82) is 0 Å². The molecule has 1 unspecified atom stereocenters. The van der Waals surface area contributed by atoms with Gasteiger partial charge < -0.3 is 20.2 Å². The van der Waals surface area contributed by atoms with E-state index in [0.717, 1.165) is 24.5 Å². The van der Waals surface area contributed by atoms with Crippen LogP contribution in [0.4, 0.5) is 5.82 Å². The van der Waals surface area contributed by atoms with Gasteiger partial charge in [0.25, 0.3) is 5.56 Å². The molecule has 0 aliphatic carbocycles. The second-order valence-electron chi connectivity index (χ2n) is 6.57. The Morgan fingerprint density at radius 2 is 2.11 bits per heavy atom. The fraction of sp³-hybridized carbons (Fsp3) is 0.421. The molecule has 3 heterocycles. The van der Waals surface area contributed by atoms with Crippen LogP contribution in [0.3, 0.4) is 0 Å².